The lowest BCUT2D eigenvalue weighted by atomic mass is 9.63. The first-order valence-electron chi connectivity index (χ1n) is 13.8. The quantitative estimate of drug-likeness (QED) is 0.429. The van der Waals surface area contributed by atoms with E-state index >= 15 is 0 Å². The van der Waals surface area contributed by atoms with Gasteiger partial charge >= 0.3 is 6.09 Å². The van der Waals surface area contributed by atoms with Gasteiger partial charge in [-0.3, -0.25) is 9.78 Å². The van der Waals surface area contributed by atoms with Crippen LogP contribution in [-0.4, -0.2) is 74.5 Å². The molecule has 4 heterocycles. The van der Waals surface area contributed by atoms with Crippen LogP contribution in [0.3, 0.4) is 0 Å². The van der Waals surface area contributed by atoms with Gasteiger partial charge in [-0.1, -0.05) is 0 Å². The smallest absolute Gasteiger partial charge is 0.409 e. The Hall–Kier alpha value is -4.17. The maximum absolute atomic E-state index is 13.5. The zero-order chi connectivity index (χ0) is 27.9. The number of nitrogens with zero attached hydrogens (tertiary/aromatic N) is 5. The third kappa shape index (κ3) is 4.84. The maximum atomic E-state index is 13.5. The van der Waals surface area contributed by atoms with Crippen molar-refractivity contribution in [3.8, 4) is 17.5 Å². The highest BCUT2D eigenvalue weighted by Gasteiger charge is 2.48. The summed E-state index contributed by atoms with van der Waals surface area (Å²) >= 11 is 0. The molecule has 0 radical (unpaired) electrons. The van der Waals surface area contributed by atoms with Gasteiger partial charge in [-0.15, -0.1) is 0 Å². The van der Waals surface area contributed by atoms with Crippen LogP contribution < -0.4 is 10.6 Å². The van der Waals surface area contributed by atoms with E-state index in [0.717, 1.165) is 56.2 Å². The number of anilines is 1. The highest BCUT2D eigenvalue weighted by atomic mass is 16.5. The molecular weight excluding hydrogens is 510 g/mol. The number of likely N-dealkylation sites (tertiary alicyclic amines) is 1. The first-order valence-corrected chi connectivity index (χ1v) is 13.8. The van der Waals surface area contributed by atoms with Crippen LogP contribution in [0.25, 0.3) is 16.9 Å². The highest BCUT2D eigenvalue weighted by Crippen LogP contribution is 2.48. The number of ether oxygens (including phenoxy) is 1. The number of hydrogen-bond acceptors (Lipinski definition) is 8. The molecule has 7 rings (SSSR count). The Bertz CT molecular complexity index is 1490. The molecule has 0 spiro atoms. The van der Waals surface area contributed by atoms with Crippen LogP contribution >= 0.6 is 0 Å². The fraction of sp³-hybridized carbons (Fsp3) is 0.483. The first kappa shape index (κ1) is 26.1. The molecule has 1 aliphatic heterocycles. The summed E-state index contributed by atoms with van der Waals surface area (Å²) in [5.74, 6) is -0.0782. The lowest BCUT2D eigenvalue weighted by Gasteiger charge is -2.51. The van der Waals surface area contributed by atoms with Crippen LogP contribution in [0.4, 0.5) is 10.5 Å². The second-order valence-corrected chi connectivity index (χ2v) is 11.4. The number of fused-ring (bicyclic) bond motifs is 4. The number of methoxy groups -OCH3 is 1. The molecule has 3 aromatic rings. The summed E-state index contributed by atoms with van der Waals surface area (Å²) in [6, 6.07) is 9.57. The summed E-state index contributed by atoms with van der Waals surface area (Å²) < 4.78 is 6.56. The average Bonchev–Trinajstić information content (AvgIpc) is 3.63. The van der Waals surface area contributed by atoms with E-state index in [2.05, 4.69) is 26.8 Å². The maximum Gasteiger partial charge on any atom is 0.409 e. The standard InChI is InChI=1S/C29H33N7O4/c1-40-27(38)35-11-4-19(18-35)15-32-26(37)22-17-31-24(25-3-2-21-12-20(14-30)16-33-36(21)25)13-23(22)34-28-5-8-29(39,9-6-28)10-7-28/h2-3,12-13,16-17,19,39H,4-11,15,18H2,1H3,(H,31,34)(H,32,37)/t19-,28?,29?/m1/s1. The van der Waals surface area contributed by atoms with E-state index in [1.54, 1.807) is 21.7 Å². The molecule has 3 saturated carbocycles. The minimum absolute atomic E-state index is 0.149. The van der Waals surface area contributed by atoms with Gasteiger partial charge in [-0.05, 0) is 75.1 Å². The van der Waals surface area contributed by atoms with Gasteiger partial charge in [0.1, 0.15) is 6.07 Å². The fourth-order valence-corrected chi connectivity index (χ4v) is 6.40. The molecule has 2 amide bonds. The molecule has 3 aliphatic carbocycles. The zero-order valence-corrected chi connectivity index (χ0v) is 22.5. The molecular formula is C29H33N7O4. The molecule has 11 heteroatoms. The monoisotopic (exact) mass is 543 g/mol. The van der Waals surface area contributed by atoms with Gasteiger partial charge < -0.3 is 25.4 Å². The van der Waals surface area contributed by atoms with Crippen LogP contribution in [-0.2, 0) is 4.74 Å². The van der Waals surface area contributed by atoms with Crippen LogP contribution in [0.2, 0.25) is 0 Å². The Balaban J connectivity index is 1.27. The molecule has 11 nitrogen and oxygen atoms in total. The van der Waals surface area contributed by atoms with Gasteiger partial charge in [0.25, 0.3) is 5.91 Å². The summed E-state index contributed by atoms with van der Waals surface area (Å²) in [5.41, 5.74) is 3.06. The van der Waals surface area contributed by atoms with E-state index in [1.807, 2.05) is 18.2 Å². The Labute approximate surface area is 232 Å². The molecule has 40 heavy (non-hydrogen) atoms. The number of nitriles is 1. The summed E-state index contributed by atoms with van der Waals surface area (Å²) in [6.07, 6.45) is 8.30. The van der Waals surface area contributed by atoms with E-state index in [0.29, 0.717) is 42.1 Å². The predicted octanol–water partition coefficient (Wildman–Crippen LogP) is 3.34. The Morgan fingerprint density at radius 1 is 1.18 bits per heavy atom. The van der Waals surface area contributed by atoms with Crippen molar-refractivity contribution < 1.29 is 19.4 Å². The molecule has 208 valence electrons. The Morgan fingerprint density at radius 2 is 1.95 bits per heavy atom. The molecule has 2 bridgehead atoms. The van der Waals surface area contributed by atoms with E-state index in [1.165, 1.54) is 13.3 Å². The topological polar surface area (TPSA) is 145 Å². The minimum atomic E-state index is -0.564. The normalized spacial score (nSPS) is 25.5. The molecule has 3 aromatic heterocycles. The van der Waals surface area contributed by atoms with Crippen molar-refractivity contribution >= 4 is 23.2 Å². The number of nitrogens with one attached hydrogen (secondary N) is 2. The summed E-state index contributed by atoms with van der Waals surface area (Å²) in [7, 11) is 1.37. The zero-order valence-electron chi connectivity index (χ0n) is 22.5. The lowest BCUT2D eigenvalue weighted by Crippen LogP contribution is -2.54. The van der Waals surface area contributed by atoms with Crippen LogP contribution in [0.15, 0.2) is 36.7 Å². The van der Waals surface area contributed by atoms with Crippen molar-refractivity contribution in [3.63, 3.8) is 0 Å². The van der Waals surface area contributed by atoms with Crippen LogP contribution in [0.1, 0.15) is 60.9 Å². The Kier molecular flexibility index (Phi) is 6.58. The SMILES string of the molecule is COC(=O)N1CC[C@H](CNC(=O)c2cnc(-c3ccc4cc(C#N)cnn34)cc2NC23CCC(O)(CC2)CC3)C1. The van der Waals surface area contributed by atoms with E-state index in [-0.39, 0.29) is 23.5 Å². The molecule has 0 aromatic carbocycles. The van der Waals surface area contributed by atoms with Crippen molar-refractivity contribution in [2.24, 2.45) is 5.92 Å². The highest BCUT2D eigenvalue weighted by molar-refractivity contribution is 6.00. The summed E-state index contributed by atoms with van der Waals surface area (Å²) in [6.45, 7) is 1.60. The number of rotatable bonds is 6. The lowest BCUT2D eigenvalue weighted by molar-refractivity contribution is -0.0580. The third-order valence-electron chi connectivity index (χ3n) is 8.92. The average molecular weight is 544 g/mol. The van der Waals surface area contributed by atoms with E-state index in [9.17, 15) is 20.0 Å². The second kappa shape index (κ2) is 10.1. The van der Waals surface area contributed by atoms with E-state index in [4.69, 9.17) is 4.74 Å². The molecule has 3 N–H and O–H groups in total. The minimum Gasteiger partial charge on any atom is -0.453 e. The van der Waals surface area contributed by atoms with Gasteiger partial charge in [0.2, 0.25) is 0 Å². The molecule has 0 unspecified atom stereocenters. The fourth-order valence-electron chi connectivity index (χ4n) is 6.40. The van der Waals surface area contributed by atoms with E-state index < -0.39 is 5.60 Å². The number of amides is 2. The van der Waals surface area contributed by atoms with Gasteiger partial charge in [0.15, 0.2) is 0 Å². The van der Waals surface area contributed by atoms with Gasteiger partial charge in [-0.25, -0.2) is 9.31 Å². The third-order valence-corrected chi connectivity index (χ3v) is 8.92. The van der Waals surface area contributed by atoms with Crippen molar-refractivity contribution in [2.45, 2.75) is 56.1 Å². The molecule has 4 fully saturated rings. The van der Waals surface area contributed by atoms with Crippen molar-refractivity contribution in [2.75, 3.05) is 32.1 Å². The summed E-state index contributed by atoms with van der Waals surface area (Å²) in [5, 5.41) is 31.2. The largest absolute Gasteiger partial charge is 0.453 e. The number of carbonyl (C=O) groups is 2. The molecule has 4 aliphatic rings. The second-order valence-electron chi connectivity index (χ2n) is 11.4. The molecule has 1 saturated heterocycles. The van der Waals surface area contributed by atoms with Gasteiger partial charge in [0, 0.05) is 31.4 Å². The van der Waals surface area contributed by atoms with Crippen molar-refractivity contribution in [1.29, 1.82) is 5.26 Å². The van der Waals surface area contributed by atoms with Crippen molar-refractivity contribution in [3.05, 3.63) is 47.8 Å². The van der Waals surface area contributed by atoms with Crippen LogP contribution in [0.5, 0.6) is 0 Å². The number of aliphatic hydroxyl groups is 1. The van der Waals surface area contributed by atoms with Crippen molar-refractivity contribution in [1.82, 2.24) is 24.8 Å². The number of pyridine rings is 1. The van der Waals surface area contributed by atoms with Gasteiger partial charge in [-0.2, -0.15) is 10.4 Å². The number of aromatic nitrogens is 3. The molecule has 1 atom stereocenters. The predicted molar refractivity (Wildman–Crippen MR) is 147 cm³/mol. The summed E-state index contributed by atoms with van der Waals surface area (Å²) in [4.78, 5) is 31.6. The Morgan fingerprint density at radius 3 is 2.67 bits per heavy atom. The first-order chi connectivity index (χ1) is 19.3. The van der Waals surface area contributed by atoms with Crippen LogP contribution in [0, 0.1) is 17.2 Å². The number of carbonyl (C=O) groups excluding carboxylic acids is 2. The van der Waals surface area contributed by atoms with Gasteiger partial charge in [0.05, 0.1) is 52.6 Å². The number of hydrogen-bond donors (Lipinski definition) is 3.